The van der Waals surface area contributed by atoms with Gasteiger partial charge in [0.2, 0.25) is 5.89 Å². The predicted octanol–water partition coefficient (Wildman–Crippen LogP) is 1.03. The van der Waals surface area contributed by atoms with Crippen LogP contribution in [0.3, 0.4) is 0 Å². The molecule has 0 aliphatic heterocycles. The first-order valence-corrected chi connectivity index (χ1v) is 5.10. The standard InChI is InChI=1S/C9H18N4O/c1-4-10-7-8-11-9(12-14-8)13(5-2)6-3/h10H,4-7H2,1-3H3. The van der Waals surface area contributed by atoms with E-state index in [4.69, 9.17) is 4.52 Å². The topological polar surface area (TPSA) is 54.2 Å². The summed E-state index contributed by atoms with van der Waals surface area (Å²) in [6, 6.07) is 0. The number of nitrogens with one attached hydrogen (secondary N) is 1. The van der Waals surface area contributed by atoms with Crippen molar-refractivity contribution in [3.63, 3.8) is 0 Å². The summed E-state index contributed by atoms with van der Waals surface area (Å²) in [7, 11) is 0. The van der Waals surface area contributed by atoms with Crippen LogP contribution in [0, 0.1) is 0 Å². The van der Waals surface area contributed by atoms with Crippen LogP contribution in [0.5, 0.6) is 0 Å². The van der Waals surface area contributed by atoms with Gasteiger partial charge in [-0.05, 0) is 25.5 Å². The molecule has 0 aliphatic carbocycles. The van der Waals surface area contributed by atoms with Gasteiger partial charge in [-0.1, -0.05) is 6.92 Å². The molecule has 0 fully saturated rings. The second-order valence-corrected chi connectivity index (χ2v) is 2.94. The first-order chi connectivity index (χ1) is 6.81. The van der Waals surface area contributed by atoms with Gasteiger partial charge < -0.3 is 14.7 Å². The number of hydrogen-bond acceptors (Lipinski definition) is 5. The maximum Gasteiger partial charge on any atom is 0.266 e. The fraction of sp³-hybridized carbons (Fsp3) is 0.778. The Morgan fingerprint density at radius 2 is 2.00 bits per heavy atom. The lowest BCUT2D eigenvalue weighted by Gasteiger charge is -2.14. The van der Waals surface area contributed by atoms with Crippen molar-refractivity contribution in [2.75, 3.05) is 24.5 Å². The molecule has 0 saturated heterocycles. The van der Waals surface area contributed by atoms with Crippen molar-refractivity contribution < 1.29 is 4.52 Å². The zero-order valence-corrected chi connectivity index (χ0v) is 9.08. The highest BCUT2D eigenvalue weighted by atomic mass is 16.5. The Morgan fingerprint density at radius 3 is 2.57 bits per heavy atom. The normalized spacial score (nSPS) is 10.5. The second kappa shape index (κ2) is 5.59. The van der Waals surface area contributed by atoms with Crippen molar-refractivity contribution in [3.8, 4) is 0 Å². The maximum absolute atomic E-state index is 5.09. The van der Waals surface area contributed by atoms with Crippen LogP contribution in [0.15, 0.2) is 4.52 Å². The minimum atomic E-state index is 0.644. The van der Waals surface area contributed by atoms with Gasteiger partial charge in [-0.25, -0.2) is 0 Å². The first kappa shape index (κ1) is 11.0. The van der Waals surface area contributed by atoms with Crippen LogP contribution >= 0.6 is 0 Å². The molecule has 1 aromatic rings. The van der Waals surface area contributed by atoms with Crippen molar-refractivity contribution in [2.45, 2.75) is 27.3 Å². The lowest BCUT2D eigenvalue weighted by Crippen LogP contribution is -2.23. The minimum Gasteiger partial charge on any atom is -0.339 e. The molecule has 14 heavy (non-hydrogen) atoms. The zero-order valence-electron chi connectivity index (χ0n) is 9.08. The molecule has 0 saturated carbocycles. The van der Waals surface area contributed by atoms with Gasteiger partial charge in [0.15, 0.2) is 0 Å². The molecular weight excluding hydrogens is 180 g/mol. The van der Waals surface area contributed by atoms with Gasteiger partial charge >= 0.3 is 0 Å². The van der Waals surface area contributed by atoms with Gasteiger partial charge in [-0.15, -0.1) is 0 Å². The van der Waals surface area contributed by atoms with E-state index in [1.54, 1.807) is 0 Å². The van der Waals surface area contributed by atoms with Crippen LogP contribution in [0.2, 0.25) is 0 Å². The quantitative estimate of drug-likeness (QED) is 0.739. The smallest absolute Gasteiger partial charge is 0.266 e. The molecule has 1 heterocycles. The average Bonchev–Trinajstić information content (AvgIpc) is 2.65. The van der Waals surface area contributed by atoms with E-state index in [1.807, 2.05) is 6.92 Å². The molecule has 5 nitrogen and oxygen atoms in total. The van der Waals surface area contributed by atoms with Gasteiger partial charge in [0.25, 0.3) is 5.95 Å². The summed E-state index contributed by atoms with van der Waals surface area (Å²) in [4.78, 5) is 6.33. The minimum absolute atomic E-state index is 0.644. The van der Waals surface area contributed by atoms with Gasteiger partial charge in [-0.3, -0.25) is 0 Å². The number of anilines is 1. The third-order valence-corrected chi connectivity index (χ3v) is 2.03. The van der Waals surface area contributed by atoms with Crippen molar-refractivity contribution in [1.82, 2.24) is 15.5 Å². The third-order valence-electron chi connectivity index (χ3n) is 2.03. The van der Waals surface area contributed by atoms with Crippen LogP contribution < -0.4 is 10.2 Å². The molecule has 1 rings (SSSR count). The Kier molecular flexibility index (Phi) is 4.39. The molecule has 0 aliphatic rings. The van der Waals surface area contributed by atoms with E-state index in [-0.39, 0.29) is 0 Å². The summed E-state index contributed by atoms with van der Waals surface area (Å²) in [6.07, 6.45) is 0. The molecule has 0 atom stereocenters. The summed E-state index contributed by atoms with van der Waals surface area (Å²) in [6.45, 7) is 9.54. The Balaban J connectivity index is 2.57. The van der Waals surface area contributed by atoms with Crippen molar-refractivity contribution in [2.24, 2.45) is 0 Å². The first-order valence-electron chi connectivity index (χ1n) is 5.10. The highest BCUT2D eigenvalue weighted by Gasteiger charge is 2.10. The van der Waals surface area contributed by atoms with Gasteiger partial charge in [-0.2, -0.15) is 4.98 Å². The number of rotatable bonds is 6. The molecule has 5 heteroatoms. The van der Waals surface area contributed by atoms with Gasteiger partial charge in [0, 0.05) is 13.1 Å². The van der Waals surface area contributed by atoms with E-state index in [9.17, 15) is 0 Å². The van der Waals surface area contributed by atoms with Crippen LogP contribution in [-0.2, 0) is 6.54 Å². The van der Waals surface area contributed by atoms with Gasteiger partial charge in [0.05, 0.1) is 6.54 Å². The molecule has 1 N–H and O–H groups in total. The highest BCUT2D eigenvalue weighted by Crippen LogP contribution is 2.07. The molecule has 0 aromatic carbocycles. The summed E-state index contributed by atoms with van der Waals surface area (Å²) in [5.41, 5.74) is 0. The number of aromatic nitrogens is 2. The van der Waals surface area contributed by atoms with Crippen molar-refractivity contribution >= 4 is 5.95 Å². The second-order valence-electron chi connectivity index (χ2n) is 2.94. The van der Waals surface area contributed by atoms with E-state index in [2.05, 4.69) is 34.2 Å². The Bertz CT molecular complexity index is 257. The molecule has 0 amide bonds. The molecule has 0 spiro atoms. The number of hydrogen-bond donors (Lipinski definition) is 1. The van der Waals surface area contributed by atoms with E-state index < -0.39 is 0 Å². The summed E-state index contributed by atoms with van der Waals surface area (Å²) in [5.74, 6) is 1.33. The van der Waals surface area contributed by atoms with Gasteiger partial charge in [0.1, 0.15) is 0 Å². The molecular formula is C9H18N4O. The molecule has 0 radical (unpaired) electrons. The summed E-state index contributed by atoms with van der Waals surface area (Å²) >= 11 is 0. The van der Waals surface area contributed by atoms with Crippen LogP contribution in [0.25, 0.3) is 0 Å². The van der Waals surface area contributed by atoms with Crippen molar-refractivity contribution in [3.05, 3.63) is 5.89 Å². The monoisotopic (exact) mass is 198 g/mol. The van der Waals surface area contributed by atoms with Crippen LogP contribution in [0.4, 0.5) is 5.95 Å². The van der Waals surface area contributed by atoms with Crippen LogP contribution in [-0.4, -0.2) is 29.8 Å². The fourth-order valence-electron chi connectivity index (χ4n) is 1.18. The predicted molar refractivity (Wildman–Crippen MR) is 55.2 cm³/mol. The lowest BCUT2D eigenvalue weighted by atomic mass is 10.5. The van der Waals surface area contributed by atoms with Crippen LogP contribution in [0.1, 0.15) is 26.7 Å². The fourth-order valence-corrected chi connectivity index (χ4v) is 1.18. The maximum atomic E-state index is 5.09. The van der Waals surface area contributed by atoms with E-state index in [0.29, 0.717) is 18.4 Å². The Labute approximate surface area is 84.5 Å². The Morgan fingerprint density at radius 1 is 1.29 bits per heavy atom. The molecule has 0 bridgehead atoms. The Hall–Kier alpha value is -1.10. The summed E-state index contributed by atoms with van der Waals surface area (Å²) in [5, 5.41) is 7.05. The molecule has 1 aromatic heterocycles. The third kappa shape index (κ3) is 2.70. The largest absolute Gasteiger partial charge is 0.339 e. The highest BCUT2D eigenvalue weighted by molar-refractivity contribution is 5.26. The molecule has 0 unspecified atom stereocenters. The van der Waals surface area contributed by atoms with Crippen molar-refractivity contribution in [1.29, 1.82) is 0 Å². The SMILES string of the molecule is CCNCc1nc(N(CC)CC)no1. The average molecular weight is 198 g/mol. The number of nitrogens with zero attached hydrogens (tertiary/aromatic N) is 3. The zero-order chi connectivity index (χ0) is 10.4. The van der Waals surface area contributed by atoms with E-state index >= 15 is 0 Å². The van der Waals surface area contributed by atoms with E-state index in [0.717, 1.165) is 19.6 Å². The van der Waals surface area contributed by atoms with E-state index in [1.165, 1.54) is 0 Å². The lowest BCUT2D eigenvalue weighted by molar-refractivity contribution is 0.368. The summed E-state index contributed by atoms with van der Waals surface area (Å²) < 4.78 is 5.09. The molecule has 80 valence electrons.